The molecule has 0 saturated carbocycles. The van der Waals surface area contributed by atoms with Gasteiger partial charge in [0, 0.05) is 25.4 Å². The lowest BCUT2D eigenvalue weighted by Gasteiger charge is -2.31. The van der Waals surface area contributed by atoms with E-state index in [9.17, 15) is 9.59 Å². The predicted octanol–water partition coefficient (Wildman–Crippen LogP) is 1.26. The zero-order valence-electron chi connectivity index (χ0n) is 11.3. The molecule has 110 valence electrons. The van der Waals surface area contributed by atoms with Crippen molar-refractivity contribution in [3.05, 3.63) is 17.5 Å². The Morgan fingerprint density at radius 1 is 1.55 bits per heavy atom. The summed E-state index contributed by atoms with van der Waals surface area (Å²) in [4.78, 5) is 27.5. The Bertz CT molecular complexity index is 512. The fourth-order valence-electron chi connectivity index (χ4n) is 2.45. The Morgan fingerprint density at radius 2 is 2.30 bits per heavy atom. The Morgan fingerprint density at radius 3 is 2.95 bits per heavy atom. The molecule has 0 radical (unpaired) electrons. The summed E-state index contributed by atoms with van der Waals surface area (Å²) in [6.07, 6.45) is 1.75. The maximum Gasteiger partial charge on any atom is 0.354 e. The Hall–Kier alpha value is -2.02. The lowest BCUT2D eigenvalue weighted by atomic mass is 9.99. The number of hydrogen-bond acceptors (Lipinski definition) is 3. The molecule has 1 aliphatic heterocycles. The molecule has 0 bridgehead atoms. The number of rotatable bonds is 3. The maximum absolute atomic E-state index is 12.1. The van der Waals surface area contributed by atoms with Crippen molar-refractivity contribution in [2.24, 2.45) is 5.92 Å². The van der Waals surface area contributed by atoms with Gasteiger partial charge in [-0.15, -0.1) is 0 Å². The molecule has 0 spiro atoms. The minimum atomic E-state index is -1.11. The first-order chi connectivity index (χ1) is 9.51. The van der Waals surface area contributed by atoms with Crippen LogP contribution >= 0.6 is 0 Å². The number of urea groups is 1. The maximum atomic E-state index is 12.1. The van der Waals surface area contributed by atoms with Crippen LogP contribution in [0.25, 0.3) is 0 Å². The number of H-pyrrole nitrogens is 1. The van der Waals surface area contributed by atoms with Crippen molar-refractivity contribution in [2.75, 3.05) is 25.0 Å². The minimum absolute atomic E-state index is 0.0217. The first-order valence-electron chi connectivity index (χ1n) is 6.61. The van der Waals surface area contributed by atoms with Crippen LogP contribution in [0.4, 0.5) is 10.5 Å². The summed E-state index contributed by atoms with van der Waals surface area (Å²) >= 11 is 0. The summed E-state index contributed by atoms with van der Waals surface area (Å²) < 4.78 is 0. The predicted molar refractivity (Wildman–Crippen MR) is 72.9 cm³/mol. The van der Waals surface area contributed by atoms with Crippen molar-refractivity contribution in [1.82, 2.24) is 9.88 Å². The number of aromatic amines is 1. The van der Waals surface area contributed by atoms with Crippen molar-refractivity contribution in [3.8, 4) is 0 Å². The smallest absolute Gasteiger partial charge is 0.354 e. The number of piperidine rings is 1. The Labute approximate surface area is 116 Å². The third kappa shape index (κ3) is 3.11. The van der Waals surface area contributed by atoms with Gasteiger partial charge in [-0.2, -0.15) is 0 Å². The molecule has 0 aliphatic carbocycles. The summed E-state index contributed by atoms with van der Waals surface area (Å²) in [5.74, 6) is -1.01. The number of carboxylic acid groups (broad SMARTS) is 1. The van der Waals surface area contributed by atoms with Crippen molar-refractivity contribution in [1.29, 1.82) is 0 Å². The van der Waals surface area contributed by atoms with E-state index < -0.39 is 5.97 Å². The molecule has 1 unspecified atom stereocenters. The average molecular weight is 281 g/mol. The number of carbonyl (C=O) groups is 2. The van der Waals surface area contributed by atoms with Gasteiger partial charge in [0.1, 0.15) is 5.69 Å². The number of aliphatic hydroxyl groups excluding tert-OH is 1. The number of carboxylic acids is 1. The Balaban J connectivity index is 2.06. The number of aryl methyl sites for hydroxylation is 1. The number of amides is 2. The summed E-state index contributed by atoms with van der Waals surface area (Å²) in [6, 6.07) is 1.26. The van der Waals surface area contributed by atoms with Crippen molar-refractivity contribution in [2.45, 2.75) is 19.8 Å². The van der Waals surface area contributed by atoms with Gasteiger partial charge in [-0.3, -0.25) is 0 Å². The Kier molecular flexibility index (Phi) is 4.29. The molecule has 1 aromatic rings. The normalized spacial score (nSPS) is 18.9. The topological polar surface area (TPSA) is 106 Å². The molecule has 7 heteroatoms. The third-order valence-electron chi connectivity index (χ3n) is 3.47. The van der Waals surface area contributed by atoms with Crippen molar-refractivity contribution < 1.29 is 19.8 Å². The van der Waals surface area contributed by atoms with Gasteiger partial charge in [0.15, 0.2) is 0 Å². The highest BCUT2D eigenvalue weighted by Gasteiger charge is 2.24. The van der Waals surface area contributed by atoms with E-state index in [2.05, 4.69) is 10.3 Å². The highest BCUT2D eigenvalue weighted by atomic mass is 16.4. The molecule has 2 amide bonds. The van der Waals surface area contributed by atoms with E-state index in [4.69, 9.17) is 10.2 Å². The second-order valence-corrected chi connectivity index (χ2v) is 5.11. The van der Waals surface area contributed by atoms with Crippen LogP contribution in [0.2, 0.25) is 0 Å². The van der Waals surface area contributed by atoms with Crippen LogP contribution in [0.5, 0.6) is 0 Å². The van der Waals surface area contributed by atoms with E-state index in [-0.39, 0.29) is 29.9 Å². The zero-order valence-corrected chi connectivity index (χ0v) is 11.3. The van der Waals surface area contributed by atoms with Gasteiger partial charge >= 0.3 is 12.0 Å². The molecule has 2 rings (SSSR count). The van der Waals surface area contributed by atoms with Gasteiger partial charge < -0.3 is 25.4 Å². The number of hydrogen-bond donors (Lipinski definition) is 4. The summed E-state index contributed by atoms with van der Waals surface area (Å²) in [5.41, 5.74) is 0.919. The summed E-state index contributed by atoms with van der Waals surface area (Å²) in [5, 5.41) is 20.8. The third-order valence-corrected chi connectivity index (χ3v) is 3.47. The lowest BCUT2D eigenvalue weighted by Crippen LogP contribution is -2.43. The summed E-state index contributed by atoms with van der Waals surface area (Å²) in [7, 11) is 0. The number of likely N-dealkylation sites (tertiary alicyclic amines) is 1. The number of anilines is 1. The molecule has 0 aromatic carbocycles. The molecular formula is C13H19N3O4. The number of carbonyl (C=O) groups excluding carboxylic acids is 1. The summed E-state index contributed by atoms with van der Waals surface area (Å²) in [6.45, 7) is 2.90. The van der Waals surface area contributed by atoms with E-state index in [0.29, 0.717) is 18.8 Å². The van der Waals surface area contributed by atoms with Crippen molar-refractivity contribution >= 4 is 17.7 Å². The highest BCUT2D eigenvalue weighted by Crippen LogP contribution is 2.20. The van der Waals surface area contributed by atoms with E-state index in [1.165, 1.54) is 0 Å². The molecule has 1 aromatic heterocycles. The standard InChI is InChI=1S/C13H19N3O4/c1-8-5-10(11(14-8)12(18)19)15-13(20)16-4-2-3-9(6-16)7-17/h5,9,14,17H,2-4,6-7H2,1H3,(H,15,20)(H,18,19). The first-order valence-corrected chi connectivity index (χ1v) is 6.61. The van der Waals surface area contributed by atoms with Crippen molar-refractivity contribution in [3.63, 3.8) is 0 Å². The second kappa shape index (κ2) is 5.96. The monoisotopic (exact) mass is 281 g/mol. The molecule has 1 saturated heterocycles. The molecule has 1 atom stereocenters. The van der Waals surface area contributed by atoms with Crippen LogP contribution in [-0.2, 0) is 0 Å². The second-order valence-electron chi connectivity index (χ2n) is 5.11. The minimum Gasteiger partial charge on any atom is -0.477 e. The molecule has 1 aliphatic rings. The molecule has 4 N–H and O–H groups in total. The van der Waals surface area contributed by atoms with Gasteiger partial charge in [0.2, 0.25) is 0 Å². The van der Waals surface area contributed by atoms with Gasteiger partial charge in [0.25, 0.3) is 0 Å². The molecule has 20 heavy (non-hydrogen) atoms. The fraction of sp³-hybridized carbons (Fsp3) is 0.538. The van der Waals surface area contributed by atoms with Gasteiger partial charge in [0.05, 0.1) is 5.69 Å². The largest absolute Gasteiger partial charge is 0.477 e. The van der Waals surface area contributed by atoms with Crippen LogP contribution in [0.3, 0.4) is 0 Å². The van der Waals surface area contributed by atoms with E-state index in [0.717, 1.165) is 12.8 Å². The van der Waals surface area contributed by atoms with E-state index >= 15 is 0 Å². The van der Waals surface area contributed by atoms with Crippen LogP contribution in [-0.4, -0.2) is 51.8 Å². The van der Waals surface area contributed by atoms with Crippen LogP contribution in [0.15, 0.2) is 6.07 Å². The van der Waals surface area contributed by atoms with Gasteiger partial charge in [-0.1, -0.05) is 0 Å². The zero-order chi connectivity index (χ0) is 14.7. The van der Waals surface area contributed by atoms with E-state index in [1.807, 2.05) is 0 Å². The number of aliphatic hydroxyl groups is 1. The SMILES string of the molecule is Cc1cc(NC(=O)N2CCCC(CO)C2)c(C(=O)O)[nH]1. The van der Waals surface area contributed by atoms with Crippen LogP contribution in [0, 0.1) is 12.8 Å². The number of aromatic carboxylic acids is 1. The van der Waals surface area contributed by atoms with Crippen LogP contribution in [0.1, 0.15) is 29.0 Å². The molecule has 1 fully saturated rings. The number of nitrogens with one attached hydrogen (secondary N) is 2. The number of aromatic nitrogens is 1. The van der Waals surface area contributed by atoms with Gasteiger partial charge in [-0.25, -0.2) is 9.59 Å². The quantitative estimate of drug-likeness (QED) is 0.669. The van der Waals surface area contributed by atoms with Crippen LogP contribution < -0.4 is 5.32 Å². The molecule has 7 nitrogen and oxygen atoms in total. The lowest BCUT2D eigenvalue weighted by molar-refractivity contribution is 0.0692. The van der Waals surface area contributed by atoms with Gasteiger partial charge in [-0.05, 0) is 31.7 Å². The van der Waals surface area contributed by atoms with E-state index in [1.54, 1.807) is 17.9 Å². The fourth-order valence-corrected chi connectivity index (χ4v) is 2.45. The molecular weight excluding hydrogens is 262 g/mol. The average Bonchev–Trinajstić information content (AvgIpc) is 2.80. The molecule has 2 heterocycles. The first kappa shape index (κ1) is 14.4. The highest BCUT2D eigenvalue weighted by molar-refractivity contribution is 5.99. The number of nitrogens with zero attached hydrogens (tertiary/aromatic N) is 1.